The molecular weight excluding hydrogens is 302 g/mol. The molecule has 2 aromatic rings. The summed E-state index contributed by atoms with van der Waals surface area (Å²) in [6.45, 7) is 5.43. The van der Waals surface area contributed by atoms with Crippen molar-refractivity contribution in [3.63, 3.8) is 0 Å². The summed E-state index contributed by atoms with van der Waals surface area (Å²) in [5.41, 5.74) is 3.92. The molecule has 1 saturated heterocycles. The first-order valence-electron chi connectivity index (χ1n) is 6.83. The highest BCUT2D eigenvalue weighted by Crippen LogP contribution is 2.29. The summed E-state index contributed by atoms with van der Waals surface area (Å²) in [5, 5.41) is 4.83. The van der Waals surface area contributed by atoms with Crippen LogP contribution in [0.3, 0.4) is 0 Å². The monoisotopic (exact) mass is 321 g/mol. The van der Waals surface area contributed by atoms with Gasteiger partial charge in [0, 0.05) is 36.6 Å². The van der Waals surface area contributed by atoms with E-state index in [2.05, 4.69) is 63.3 Å². The smallest absolute Gasteiger partial charge is 0.0864 e. The van der Waals surface area contributed by atoms with Crippen molar-refractivity contribution in [1.82, 2.24) is 15.2 Å². The third-order valence-corrected chi connectivity index (χ3v) is 4.77. The van der Waals surface area contributed by atoms with Crippen molar-refractivity contribution < 1.29 is 0 Å². The number of rotatable bonds is 2. The molecule has 1 aliphatic rings. The van der Waals surface area contributed by atoms with Crippen LogP contribution in [0.15, 0.2) is 22.8 Å². The molecule has 2 heterocycles. The summed E-state index contributed by atoms with van der Waals surface area (Å²) >= 11 is 3.69. The molecule has 2 N–H and O–H groups in total. The first kappa shape index (κ1) is 13.2. The van der Waals surface area contributed by atoms with Gasteiger partial charge in [-0.05, 0) is 53.5 Å². The first-order chi connectivity index (χ1) is 9.15. The zero-order chi connectivity index (χ0) is 13.4. The van der Waals surface area contributed by atoms with Gasteiger partial charge in [-0.2, -0.15) is 0 Å². The lowest BCUT2D eigenvalue weighted by Gasteiger charge is -2.33. The second-order valence-corrected chi connectivity index (χ2v) is 6.30. The number of fused-ring (bicyclic) bond motifs is 1. The van der Waals surface area contributed by atoms with E-state index in [-0.39, 0.29) is 0 Å². The molecule has 3 rings (SSSR count). The third kappa shape index (κ3) is 2.57. The Morgan fingerprint density at radius 1 is 1.42 bits per heavy atom. The van der Waals surface area contributed by atoms with E-state index in [9.17, 15) is 0 Å². The highest BCUT2D eigenvalue weighted by molar-refractivity contribution is 9.10. The van der Waals surface area contributed by atoms with Gasteiger partial charge in [-0.25, -0.2) is 0 Å². The number of aromatic amines is 1. The number of benzene rings is 1. The Morgan fingerprint density at radius 3 is 3.05 bits per heavy atom. The molecule has 1 aromatic carbocycles. The predicted molar refractivity (Wildman–Crippen MR) is 83.7 cm³/mol. The van der Waals surface area contributed by atoms with Crippen molar-refractivity contribution in [3.05, 3.63) is 33.9 Å². The molecule has 0 spiro atoms. The van der Waals surface area contributed by atoms with Crippen LogP contribution in [-0.2, 0) is 6.42 Å². The van der Waals surface area contributed by atoms with Gasteiger partial charge in [-0.15, -0.1) is 0 Å². The van der Waals surface area contributed by atoms with E-state index in [0.717, 1.165) is 30.7 Å². The van der Waals surface area contributed by atoms with Crippen LogP contribution < -0.4 is 5.32 Å². The Bertz CT molecular complexity index is 590. The van der Waals surface area contributed by atoms with E-state index in [1.165, 1.54) is 22.0 Å². The van der Waals surface area contributed by atoms with Crippen LogP contribution >= 0.6 is 15.9 Å². The molecule has 3 nitrogen and oxygen atoms in total. The molecular formula is C15H20BrN3. The first-order valence-corrected chi connectivity index (χ1v) is 7.62. The third-order valence-electron chi connectivity index (χ3n) is 4.09. The minimum atomic E-state index is 0.574. The molecule has 102 valence electrons. The summed E-state index contributed by atoms with van der Waals surface area (Å²) in [7, 11) is 2.22. The fraction of sp³-hybridized carbons (Fsp3) is 0.467. The highest BCUT2D eigenvalue weighted by Gasteiger charge is 2.21. The summed E-state index contributed by atoms with van der Waals surface area (Å²) in [5.74, 6) is 0. The maximum absolute atomic E-state index is 3.69. The SMILES string of the molecule is Cc1ccc2c(CC3CNCCN3C)c(Br)[nH]c2c1. The molecule has 0 amide bonds. The normalized spacial score (nSPS) is 21.1. The van der Waals surface area contributed by atoms with Crippen LogP contribution in [-0.4, -0.2) is 42.6 Å². The van der Waals surface area contributed by atoms with E-state index in [4.69, 9.17) is 0 Å². The zero-order valence-electron chi connectivity index (χ0n) is 11.5. The Morgan fingerprint density at radius 2 is 2.26 bits per heavy atom. The van der Waals surface area contributed by atoms with Crippen LogP contribution in [0, 0.1) is 6.92 Å². The van der Waals surface area contributed by atoms with Crippen LogP contribution in [0.25, 0.3) is 10.9 Å². The van der Waals surface area contributed by atoms with Gasteiger partial charge >= 0.3 is 0 Å². The molecule has 1 fully saturated rings. The number of hydrogen-bond donors (Lipinski definition) is 2. The van der Waals surface area contributed by atoms with E-state index < -0.39 is 0 Å². The molecule has 0 aliphatic carbocycles. The lowest BCUT2D eigenvalue weighted by atomic mass is 10.0. The van der Waals surface area contributed by atoms with E-state index in [1.807, 2.05) is 0 Å². The summed E-state index contributed by atoms with van der Waals surface area (Å²) < 4.78 is 1.13. The minimum absolute atomic E-state index is 0.574. The number of nitrogens with one attached hydrogen (secondary N) is 2. The second-order valence-electron chi connectivity index (χ2n) is 5.51. The van der Waals surface area contributed by atoms with Gasteiger partial charge in [-0.3, -0.25) is 0 Å². The molecule has 1 aromatic heterocycles. The topological polar surface area (TPSA) is 31.1 Å². The Labute approximate surface area is 122 Å². The molecule has 1 unspecified atom stereocenters. The molecule has 1 atom stereocenters. The molecule has 0 radical (unpaired) electrons. The average Bonchev–Trinajstić information content (AvgIpc) is 2.68. The van der Waals surface area contributed by atoms with Crippen molar-refractivity contribution in [2.75, 3.05) is 26.7 Å². The van der Waals surface area contributed by atoms with Crippen LogP contribution in [0.4, 0.5) is 0 Å². The van der Waals surface area contributed by atoms with Gasteiger partial charge in [0.2, 0.25) is 0 Å². The molecule has 0 saturated carbocycles. The molecule has 19 heavy (non-hydrogen) atoms. The number of nitrogens with zero attached hydrogens (tertiary/aromatic N) is 1. The largest absolute Gasteiger partial charge is 0.349 e. The standard InChI is InChI=1S/C15H20BrN3/c1-10-3-4-12-13(15(16)18-14(12)7-10)8-11-9-17-5-6-19(11)2/h3-4,7,11,17-18H,5-6,8-9H2,1-2H3. The van der Waals surface area contributed by atoms with E-state index in [1.54, 1.807) is 0 Å². The van der Waals surface area contributed by atoms with Crippen molar-refractivity contribution >= 4 is 26.8 Å². The Balaban J connectivity index is 1.93. The van der Waals surface area contributed by atoms with Crippen molar-refractivity contribution in [3.8, 4) is 0 Å². The van der Waals surface area contributed by atoms with Crippen LogP contribution in [0.1, 0.15) is 11.1 Å². The maximum atomic E-state index is 3.69. The molecule has 1 aliphatic heterocycles. The van der Waals surface area contributed by atoms with Crippen molar-refractivity contribution in [1.29, 1.82) is 0 Å². The number of likely N-dealkylation sites (N-methyl/N-ethyl adjacent to an activating group) is 1. The lowest BCUT2D eigenvalue weighted by Crippen LogP contribution is -2.50. The maximum Gasteiger partial charge on any atom is 0.0864 e. The molecule has 4 heteroatoms. The number of piperazine rings is 1. The Kier molecular flexibility index (Phi) is 3.65. The van der Waals surface area contributed by atoms with Crippen LogP contribution in [0.5, 0.6) is 0 Å². The lowest BCUT2D eigenvalue weighted by molar-refractivity contribution is 0.199. The predicted octanol–water partition coefficient (Wildman–Crippen LogP) is 2.68. The van der Waals surface area contributed by atoms with Gasteiger partial charge in [0.05, 0.1) is 4.60 Å². The van der Waals surface area contributed by atoms with E-state index >= 15 is 0 Å². The van der Waals surface area contributed by atoms with E-state index in [0.29, 0.717) is 6.04 Å². The van der Waals surface area contributed by atoms with Crippen molar-refractivity contribution in [2.45, 2.75) is 19.4 Å². The number of H-pyrrole nitrogens is 1. The fourth-order valence-corrected chi connectivity index (χ4v) is 3.45. The zero-order valence-corrected chi connectivity index (χ0v) is 13.0. The number of halogens is 1. The van der Waals surface area contributed by atoms with Gasteiger partial charge < -0.3 is 15.2 Å². The average molecular weight is 322 g/mol. The fourth-order valence-electron chi connectivity index (χ4n) is 2.86. The summed E-state index contributed by atoms with van der Waals surface area (Å²) in [4.78, 5) is 5.90. The second kappa shape index (κ2) is 5.27. The van der Waals surface area contributed by atoms with Gasteiger partial charge in [0.1, 0.15) is 0 Å². The Hall–Kier alpha value is -0.840. The minimum Gasteiger partial charge on any atom is -0.349 e. The number of aryl methyl sites for hydroxylation is 1. The van der Waals surface area contributed by atoms with Gasteiger partial charge in [0.25, 0.3) is 0 Å². The molecule has 0 bridgehead atoms. The van der Waals surface area contributed by atoms with Gasteiger partial charge in [-0.1, -0.05) is 12.1 Å². The van der Waals surface area contributed by atoms with Crippen molar-refractivity contribution in [2.24, 2.45) is 0 Å². The summed E-state index contributed by atoms with van der Waals surface area (Å²) in [6, 6.07) is 7.21. The summed E-state index contributed by atoms with van der Waals surface area (Å²) in [6.07, 6.45) is 1.08. The number of hydrogen-bond acceptors (Lipinski definition) is 2. The highest BCUT2D eigenvalue weighted by atomic mass is 79.9. The quantitative estimate of drug-likeness (QED) is 0.891. The van der Waals surface area contributed by atoms with Crippen LogP contribution in [0.2, 0.25) is 0 Å². The van der Waals surface area contributed by atoms with Gasteiger partial charge in [0.15, 0.2) is 0 Å². The number of aromatic nitrogens is 1.